The average Bonchev–Trinajstić information content (AvgIpc) is 3.31. The SMILES string of the molecule is COc1ccc(C2=NO[C@@H](CN(Cc3cccc(Cl)c3)C(=O)c3ccccc3F)C2)cc1OC. The molecular formula is C26H24ClFN2O4. The van der Waals surface area contributed by atoms with Gasteiger partial charge < -0.3 is 19.2 Å². The van der Waals surface area contributed by atoms with Crippen LogP contribution in [0.4, 0.5) is 4.39 Å². The van der Waals surface area contributed by atoms with E-state index in [4.69, 9.17) is 25.9 Å². The van der Waals surface area contributed by atoms with Gasteiger partial charge in [0.05, 0.1) is 32.0 Å². The molecule has 0 N–H and O–H groups in total. The van der Waals surface area contributed by atoms with Crippen molar-refractivity contribution < 1.29 is 23.5 Å². The van der Waals surface area contributed by atoms with E-state index >= 15 is 0 Å². The van der Waals surface area contributed by atoms with Crippen LogP contribution in [0.3, 0.4) is 0 Å². The van der Waals surface area contributed by atoms with Gasteiger partial charge in [-0.1, -0.05) is 41.0 Å². The second kappa shape index (κ2) is 10.6. The van der Waals surface area contributed by atoms with Crippen LogP contribution in [0.1, 0.15) is 27.9 Å². The fourth-order valence-electron chi connectivity index (χ4n) is 3.84. The van der Waals surface area contributed by atoms with E-state index in [0.29, 0.717) is 22.9 Å². The number of benzene rings is 3. The number of amides is 1. The Labute approximate surface area is 202 Å². The molecule has 0 saturated heterocycles. The summed E-state index contributed by atoms with van der Waals surface area (Å²) < 4.78 is 25.1. The van der Waals surface area contributed by atoms with E-state index in [0.717, 1.165) is 16.8 Å². The van der Waals surface area contributed by atoms with Gasteiger partial charge >= 0.3 is 0 Å². The van der Waals surface area contributed by atoms with Crippen LogP contribution in [0.25, 0.3) is 0 Å². The minimum Gasteiger partial charge on any atom is -0.493 e. The molecule has 176 valence electrons. The molecular weight excluding hydrogens is 459 g/mol. The minimum atomic E-state index is -0.571. The fraction of sp³-hybridized carbons (Fsp3) is 0.231. The van der Waals surface area contributed by atoms with Crippen LogP contribution in [-0.4, -0.2) is 43.4 Å². The molecule has 0 radical (unpaired) electrons. The molecule has 0 saturated carbocycles. The molecule has 4 rings (SSSR count). The maximum absolute atomic E-state index is 14.4. The molecule has 0 unspecified atom stereocenters. The maximum Gasteiger partial charge on any atom is 0.257 e. The van der Waals surface area contributed by atoms with Gasteiger partial charge in [-0.25, -0.2) is 4.39 Å². The number of ether oxygens (including phenoxy) is 2. The average molecular weight is 483 g/mol. The van der Waals surface area contributed by atoms with Crippen LogP contribution in [-0.2, 0) is 11.4 Å². The first-order valence-electron chi connectivity index (χ1n) is 10.7. The zero-order chi connectivity index (χ0) is 24.1. The molecule has 3 aromatic rings. The lowest BCUT2D eigenvalue weighted by molar-refractivity contribution is 0.0402. The zero-order valence-electron chi connectivity index (χ0n) is 18.8. The molecule has 0 aromatic heterocycles. The highest BCUT2D eigenvalue weighted by molar-refractivity contribution is 6.30. The number of oxime groups is 1. The standard InChI is InChI=1S/C26H24ClFN2O4/c1-32-24-11-10-18(13-25(24)33-2)23-14-20(34-29-23)16-30(15-17-6-5-7-19(27)12-17)26(31)21-8-3-4-9-22(21)28/h3-13,20H,14-16H2,1-2H3/t20-/m1/s1. The van der Waals surface area contributed by atoms with Crippen LogP contribution in [0, 0.1) is 5.82 Å². The smallest absolute Gasteiger partial charge is 0.257 e. The quantitative estimate of drug-likeness (QED) is 0.435. The summed E-state index contributed by atoms with van der Waals surface area (Å²) in [7, 11) is 3.14. The van der Waals surface area contributed by atoms with Crippen molar-refractivity contribution in [1.82, 2.24) is 4.90 Å². The summed E-state index contributed by atoms with van der Waals surface area (Å²) in [5.41, 5.74) is 2.40. The summed E-state index contributed by atoms with van der Waals surface area (Å²) in [6.45, 7) is 0.471. The third-order valence-electron chi connectivity index (χ3n) is 5.53. The van der Waals surface area contributed by atoms with Crippen LogP contribution < -0.4 is 9.47 Å². The lowest BCUT2D eigenvalue weighted by Gasteiger charge is -2.25. The Morgan fingerprint density at radius 3 is 2.62 bits per heavy atom. The van der Waals surface area contributed by atoms with Gasteiger partial charge in [0.25, 0.3) is 5.91 Å². The number of hydrogen-bond donors (Lipinski definition) is 0. The Hall–Kier alpha value is -3.58. The largest absolute Gasteiger partial charge is 0.493 e. The van der Waals surface area contributed by atoms with Crippen molar-refractivity contribution in [2.45, 2.75) is 19.1 Å². The van der Waals surface area contributed by atoms with Crippen molar-refractivity contribution in [1.29, 1.82) is 0 Å². The number of methoxy groups -OCH3 is 2. The molecule has 0 bridgehead atoms. The summed E-state index contributed by atoms with van der Waals surface area (Å²) in [4.78, 5) is 20.5. The molecule has 0 spiro atoms. The normalized spacial score (nSPS) is 14.8. The lowest BCUT2D eigenvalue weighted by Crippen LogP contribution is -2.37. The van der Waals surface area contributed by atoms with Crippen molar-refractivity contribution in [3.05, 3.63) is 94.3 Å². The highest BCUT2D eigenvalue weighted by atomic mass is 35.5. The van der Waals surface area contributed by atoms with E-state index in [1.165, 1.54) is 12.1 Å². The van der Waals surface area contributed by atoms with Gasteiger partial charge in [0, 0.05) is 23.6 Å². The maximum atomic E-state index is 14.4. The predicted octanol–water partition coefficient (Wildman–Crippen LogP) is 5.33. The summed E-state index contributed by atoms with van der Waals surface area (Å²) in [6, 6.07) is 18.7. The first-order valence-corrected chi connectivity index (χ1v) is 11.1. The van der Waals surface area contributed by atoms with Gasteiger partial charge in [-0.15, -0.1) is 0 Å². The molecule has 6 nitrogen and oxygen atoms in total. The number of nitrogens with zero attached hydrogens (tertiary/aromatic N) is 2. The monoisotopic (exact) mass is 482 g/mol. The van der Waals surface area contributed by atoms with Crippen molar-refractivity contribution >= 4 is 23.2 Å². The molecule has 1 heterocycles. The number of carbonyl (C=O) groups excluding carboxylic acids is 1. The third kappa shape index (κ3) is 5.31. The van der Waals surface area contributed by atoms with Crippen LogP contribution in [0.5, 0.6) is 11.5 Å². The van der Waals surface area contributed by atoms with Gasteiger partial charge in [-0.2, -0.15) is 0 Å². The molecule has 1 aliphatic rings. The van der Waals surface area contributed by atoms with Crippen molar-refractivity contribution in [3.8, 4) is 11.5 Å². The molecule has 0 fully saturated rings. The molecule has 34 heavy (non-hydrogen) atoms. The van der Waals surface area contributed by atoms with Gasteiger partial charge in [-0.05, 0) is 48.0 Å². The van der Waals surface area contributed by atoms with Gasteiger partial charge in [-0.3, -0.25) is 4.79 Å². The molecule has 1 atom stereocenters. The van der Waals surface area contributed by atoms with Crippen molar-refractivity contribution in [2.24, 2.45) is 5.16 Å². The summed E-state index contributed by atoms with van der Waals surface area (Å²) in [6.07, 6.45) is 0.0875. The van der Waals surface area contributed by atoms with E-state index in [1.54, 1.807) is 49.5 Å². The first-order chi connectivity index (χ1) is 16.5. The van der Waals surface area contributed by atoms with Gasteiger partial charge in [0.15, 0.2) is 17.6 Å². The van der Waals surface area contributed by atoms with Crippen LogP contribution >= 0.6 is 11.6 Å². The topological polar surface area (TPSA) is 60.4 Å². The lowest BCUT2D eigenvalue weighted by atomic mass is 10.0. The van der Waals surface area contributed by atoms with Crippen LogP contribution in [0.2, 0.25) is 5.02 Å². The summed E-state index contributed by atoms with van der Waals surface area (Å²) >= 11 is 6.13. The second-order valence-electron chi connectivity index (χ2n) is 7.83. The highest BCUT2D eigenvalue weighted by Gasteiger charge is 2.29. The van der Waals surface area contributed by atoms with E-state index < -0.39 is 17.8 Å². The number of rotatable bonds is 8. The van der Waals surface area contributed by atoms with E-state index in [-0.39, 0.29) is 18.7 Å². The molecule has 8 heteroatoms. The highest BCUT2D eigenvalue weighted by Crippen LogP contribution is 2.30. The number of carbonyl (C=O) groups is 1. The molecule has 3 aromatic carbocycles. The van der Waals surface area contributed by atoms with Crippen molar-refractivity contribution in [3.63, 3.8) is 0 Å². The van der Waals surface area contributed by atoms with Crippen LogP contribution in [0.15, 0.2) is 71.9 Å². The second-order valence-corrected chi connectivity index (χ2v) is 8.27. The summed E-state index contributed by atoms with van der Waals surface area (Å²) in [5, 5.41) is 4.79. The summed E-state index contributed by atoms with van der Waals surface area (Å²) in [5.74, 6) is 0.202. The number of halogens is 2. The number of hydrogen-bond acceptors (Lipinski definition) is 5. The minimum absolute atomic E-state index is 0.00329. The molecule has 1 amide bonds. The zero-order valence-corrected chi connectivity index (χ0v) is 19.6. The fourth-order valence-corrected chi connectivity index (χ4v) is 4.05. The Morgan fingerprint density at radius 2 is 1.88 bits per heavy atom. The Kier molecular flexibility index (Phi) is 7.33. The Balaban J connectivity index is 1.53. The molecule has 0 aliphatic carbocycles. The van der Waals surface area contributed by atoms with Gasteiger partial charge in [0.1, 0.15) is 5.82 Å². The van der Waals surface area contributed by atoms with E-state index in [9.17, 15) is 9.18 Å². The predicted molar refractivity (Wildman–Crippen MR) is 128 cm³/mol. The van der Waals surface area contributed by atoms with Crippen molar-refractivity contribution in [2.75, 3.05) is 20.8 Å². The Morgan fingerprint density at radius 1 is 1.09 bits per heavy atom. The van der Waals surface area contributed by atoms with E-state index in [2.05, 4.69) is 5.16 Å². The first kappa shape index (κ1) is 23.6. The Bertz CT molecular complexity index is 1220. The van der Waals surface area contributed by atoms with Gasteiger partial charge in [0.2, 0.25) is 0 Å². The third-order valence-corrected chi connectivity index (χ3v) is 5.76. The molecule has 1 aliphatic heterocycles. The van der Waals surface area contributed by atoms with E-state index in [1.807, 2.05) is 24.3 Å².